The lowest BCUT2D eigenvalue weighted by atomic mass is 10.5. The topological polar surface area (TPSA) is 125 Å². The van der Waals surface area contributed by atoms with Gasteiger partial charge in [0, 0.05) is 6.92 Å². The summed E-state index contributed by atoms with van der Waals surface area (Å²) in [5.41, 5.74) is 6.24. The van der Waals surface area contributed by atoms with Crippen LogP contribution in [0.15, 0.2) is 0 Å². The molecule has 0 fully saturated rings. The van der Waals surface area contributed by atoms with Crippen LogP contribution in [0.25, 0.3) is 0 Å². The molecule has 0 aromatic heterocycles. The summed E-state index contributed by atoms with van der Waals surface area (Å²) in [4.78, 5) is 30.7. The van der Waals surface area contributed by atoms with Gasteiger partial charge in [-0.05, 0) is 0 Å². The molecule has 0 aliphatic heterocycles. The van der Waals surface area contributed by atoms with Crippen molar-refractivity contribution >= 4 is 19.5 Å². The van der Waals surface area contributed by atoms with Gasteiger partial charge in [-0.3, -0.25) is 9.36 Å². The van der Waals surface area contributed by atoms with Crippen molar-refractivity contribution in [2.45, 2.75) is 6.92 Å². The van der Waals surface area contributed by atoms with E-state index >= 15 is 0 Å². The van der Waals surface area contributed by atoms with Gasteiger partial charge in [0.15, 0.2) is 0 Å². The first kappa shape index (κ1) is 10.0. The lowest BCUT2D eigenvalue weighted by Gasteiger charge is -2.10. The SMILES string of the molecule is CC(=O)C(=[N+]=N)OP(=O)([O-])O. The predicted octanol–water partition coefficient (Wildman–Crippen LogP) is -1.31. The summed E-state index contributed by atoms with van der Waals surface area (Å²) in [7, 11) is -5.01. The first-order chi connectivity index (χ1) is 4.87. The van der Waals surface area contributed by atoms with Crippen molar-refractivity contribution in [2.24, 2.45) is 0 Å². The molecule has 0 heterocycles. The number of carbonyl (C=O) groups is 1. The van der Waals surface area contributed by atoms with Crippen LogP contribution in [0.1, 0.15) is 6.92 Å². The summed E-state index contributed by atoms with van der Waals surface area (Å²) in [6.07, 6.45) is 0. The van der Waals surface area contributed by atoms with E-state index < -0.39 is 19.5 Å². The highest BCUT2D eigenvalue weighted by Gasteiger charge is 2.24. The number of hydrogen-bond acceptors (Lipinski definition) is 5. The minimum Gasteiger partial charge on any atom is -0.746 e. The van der Waals surface area contributed by atoms with E-state index in [0.717, 1.165) is 6.92 Å². The molecule has 0 aliphatic rings. The lowest BCUT2D eigenvalue weighted by Crippen LogP contribution is -2.17. The Morgan fingerprint density at radius 3 is 2.36 bits per heavy atom. The van der Waals surface area contributed by atoms with Gasteiger partial charge in [0.25, 0.3) is 5.78 Å². The summed E-state index contributed by atoms with van der Waals surface area (Å²) in [5.74, 6) is -1.82. The number of nitrogens with zero attached hydrogens (tertiary/aromatic N) is 1. The van der Waals surface area contributed by atoms with Gasteiger partial charge < -0.3 is 14.3 Å². The number of Topliss-reactive ketones (excluding diaryl/α,β-unsaturated/α-hetero) is 1. The molecule has 0 aromatic rings. The second kappa shape index (κ2) is 3.41. The number of nitrogens with one attached hydrogen (secondary N) is 1. The fourth-order valence-electron chi connectivity index (χ4n) is 0.273. The Bertz CT molecular complexity index is 261. The van der Waals surface area contributed by atoms with Gasteiger partial charge in [0.05, 0.1) is 5.53 Å². The minimum atomic E-state index is -5.01. The fraction of sp³-hybridized carbons (Fsp3) is 0.333. The van der Waals surface area contributed by atoms with Crippen molar-refractivity contribution in [3.05, 3.63) is 0 Å². The van der Waals surface area contributed by atoms with Crippen LogP contribution in [0, 0.1) is 5.53 Å². The molecule has 0 spiro atoms. The third-order valence-electron chi connectivity index (χ3n) is 0.605. The maximum absolute atomic E-state index is 10.3. The Kier molecular flexibility index (Phi) is 3.10. The van der Waals surface area contributed by atoms with E-state index in [1.54, 1.807) is 0 Å². The molecule has 2 N–H and O–H groups in total. The first-order valence-corrected chi connectivity index (χ1v) is 3.85. The molecular formula is C3H5N2O5P. The third-order valence-corrected chi connectivity index (χ3v) is 1.01. The molecule has 8 heteroatoms. The van der Waals surface area contributed by atoms with Crippen LogP contribution in [0.4, 0.5) is 0 Å². The van der Waals surface area contributed by atoms with E-state index in [0.29, 0.717) is 0 Å². The highest BCUT2D eigenvalue weighted by atomic mass is 31.2. The zero-order valence-corrected chi connectivity index (χ0v) is 6.37. The molecule has 7 nitrogen and oxygen atoms in total. The van der Waals surface area contributed by atoms with Crippen molar-refractivity contribution < 1.29 is 28.5 Å². The van der Waals surface area contributed by atoms with Crippen LogP contribution in [-0.2, 0) is 13.9 Å². The zero-order chi connectivity index (χ0) is 9.07. The molecule has 0 amide bonds. The second-order valence-corrected chi connectivity index (χ2v) is 2.65. The standard InChI is InChI=1S/C3H5N2O5P/c1-2(6)3(5-4)10-11(7,8)9/h4H,1H3,(H-,7,8,9). The van der Waals surface area contributed by atoms with Crippen LogP contribution in [-0.4, -0.2) is 21.4 Å². The smallest absolute Gasteiger partial charge is 0.574 e. The quantitative estimate of drug-likeness (QED) is 0.179. The van der Waals surface area contributed by atoms with Crippen LogP contribution < -0.4 is 4.89 Å². The second-order valence-electron chi connectivity index (χ2n) is 1.53. The fourth-order valence-corrected chi connectivity index (χ4v) is 0.661. The van der Waals surface area contributed by atoms with Gasteiger partial charge >= 0.3 is 13.7 Å². The lowest BCUT2D eigenvalue weighted by molar-refractivity contribution is -0.219. The van der Waals surface area contributed by atoms with E-state index in [1.165, 1.54) is 0 Å². The van der Waals surface area contributed by atoms with Gasteiger partial charge in [-0.25, -0.2) is 0 Å². The van der Waals surface area contributed by atoms with E-state index in [4.69, 9.17) is 10.4 Å². The van der Waals surface area contributed by atoms with Crippen LogP contribution in [0.3, 0.4) is 0 Å². The molecule has 62 valence electrons. The van der Waals surface area contributed by atoms with Gasteiger partial charge in [0.2, 0.25) is 0 Å². The number of rotatable bonds is 2. The predicted molar refractivity (Wildman–Crippen MR) is 29.6 cm³/mol. The number of ketones is 1. The Labute approximate surface area is 61.5 Å². The molecule has 1 atom stereocenters. The van der Waals surface area contributed by atoms with E-state index in [2.05, 4.69) is 9.31 Å². The molecule has 0 aliphatic carbocycles. The number of phosphoric ester groups is 1. The number of hydrogen-bond donors (Lipinski definition) is 2. The summed E-state index contributed by atoms with van der Waals surface area (Å²) in [5, 5.41) is 0. The van der Waals surface area contributed by atoms with Gasteiger partial charge in [-0.2, -0.15) is 0 Å². The molecule has 11 heavy (non-hydrogen) atoms. The number of phosphoric acid groups is 1. The Hall–Kier alpha value is -1.00. The molecule has 0 aromatic carbocycles. The Balaban J connectivity index is 4.50. The molecule has 0 bridgehead atoms. The normalized spacial score (nSPS) is 14.5. The summed E-state index contributed by atoms with van der Waals surface area (Å²) in [6, 6.07) is 0. The molecular weight excluding hydrogens is 175 g/mol. The molecule has 1 unspecified atom stereocenters. The third kappa shape index (κ3) is 4.41. The maximum atomic E-state index is 10.3. The van der Waals surface area contributed by atoms with Gasteiger partial charge in [0.1, 0.15) is 4.79 Å². The van der Waals surface area contributed by atoms with Crippen molar-refractivity contribution in [2.75, 3.05) is 0 Å². The van der Waals surface area contributed by atoms with E-state index in [1.807, 2.05) is 0 Å². The Morgan fingerprint density at radius 2 is 2.27 bits per heavy atom. The largest absolute Gasteiger partial charge is 0.746 e. The van der Waals surface area contributed by atoms with Gasteiger partial charge in [-0.1, -0.05) is 0 Å². The molecule has 0 saturated heterocycles. The van der Waals surface area contributed by atoms with Crippen LogP contribution in [0.2, 0.25) is 0 Å². The Morgan fingerprint density at radius 1 is 1.82 bits per heavy atom. The molecule has 0 rings (SSSR count). The summed E-state index contributed by atoms with van der Waals surface area (Å²) >= 11 is 0. The van der Waals surface area contributed by atoms with Crippen LogP contribution >= 0.6 is 7.82 Å². The highest BCUT2D eigenvalue weighted by molar-refractivity contribution is 7.45. The maximum Gasteiger partial charge on any atom is 0.574 e. The molecule has 0 saturated carbocycles. The van der Waals surface area contributed by atoms with Crippen molar-refractivity contribution in [3.63, 3.8) is 0 Å². The van der Waals surface area contributed by atoms with E-state index in [9.17, 15) is 14.3 Å². The minimum absolute atomic E-state index is 0.856. The van der Waals surface area contributed by atoms with Crippen LogP contribution in [0.5, 0.6) is 0 Å². The van der Waals surface area contributed by atoms with Gasteiger partial charge in [-0.15, -0.1) is 0 Å². The average molecular weight is 180 g/mol. The summed E-state index contributed by atoms with van der Waals surface area (Å²) < 4.78 is 13.6. The van der Waals surface area contributed by atoms with Crippen molar-refractivity contribution in [1.82, 2.24) is 0 Å². The zero-order valence-electron chi connectivity index (χ0n) is 5.47. The first-order valence-electron chi connectivity index (χ1n) is 2.35. The monoisotopic (exact) mass is 180 g/mol. The van der Waals surface area contributed by atoms with Crippen molar-refractivity contribution in [1.29, 1.82) is 5.53 Å². The average Bonchev–Trinajstić information content (AvgIpc) is 1.80. The van der Waals surface area contributed by atoms with E-state index in [-0.39, 0.29) is 0 Å². The number of carbonyl (C=O) groups excluding carboxylic acids is 1. The van der Waals surface area contributed by atoms with Crippen molar-refractivity contribution in [3.8, 4) is 0 Å². The summed E-state index contributed by atoms with van der Waals surface area (Å²) in [6.45, 7) is 0.947. The highest BCUT2D eigenvalue weighted by Crippen LogP contribution is 2.30. The molecule has 0 radical (unpaired) electrons.